The smallest absolute Gasteiger partial charge is 0.251 e. The average molecular weight is 647 g/mol. The van der Waals surface area contributed by atoms with Crippen LogP contribution in [0.1, 0.15) is 62.9 Å². The van der Waals surface area contributed by atoms with Crippen molar-refractivity contribution in [3.05, 3.63) is 118 Å². The van der Waals surface area contributed by atoms with Crippen molar-refractivity contribution in [1.82, 2.24) is 10.2 Å². The van der Waals surface area contributed by atoms with Gasteiger partial charge in [0.1, 0.15) is 17.3 Å². The number of ether oxygens (including phenoxy) is 1. The number of nitrogens with zero attached hydrogens (tertiary/aromatic N) is 3. The molecule has 2 fully saturated rings. The van der Waals surface area contributed by atoms with Gasteiger partial charge in [0.05, 0.1) is 6.61 Å². The maximum atomic E-state index is 14.0. The maximum Gasteiger partial charge on any atom is 0.251 e. The van der Waals surface area contributed by atoms with Crippen LogP contribution >= 0.6 is 0 Å². The number of hydrogen-bond donors (Lipinski definition) is 2. The number of halogens is 1. The summed E-state index contributed by atoms with van der Waals surface area (Å²) in [5.41, 5.74) is 8.66. The number of benzene rings is 4. The van der Waals surface area contributed by atoms with E-state index in [1.165, 1.54) is 35.8 Å². The highest BCUT2D eigenvalue weighted by molar-refractivity contribution is 5.98. The lowest BCUT2D eigenvalue weighted by atomic mass is 9.75. The monoisotopic (exact) mass is 646 g/mol. The molecule has 0 saturated carbocycles. The van der Waals surface area contributed by atoms with E-state index in [-0.39, 0.29) is 29.3 Å². The number of anilines is 2. The van der Waals surface area contributed by atoms with Crippen LogP contribution in [0.2, 0.25) is 0 Å². The molecule has 4 aromatic rings. The molecular weight excluding hydrogens is 603 g/mol. The summed E-state index contributed by atoms with van der Waals surface area (Å²) in [4.78, 5) is 19.5. The number of fused-ring (bicyclic) bond motifs is 2. The van der Waals surface area contributed by atoms with Gasteiger partial charge in [-0.25, -0.2) is 4.39 Å². The van der Waals surface area contributed by atoms with Crippen LogP contribution in [0.5, 0.6) is 11.5 Å². The molecule has 4 aliphatic rings. The van der Waals surface area contributed by atoms with E-state index in [4.69, 9.17) is 4.74 Å². The van der Waals surface area contributed by atoms with Gasteiger partial charge < -0.3 is 25.0 Å². The number of phenols is 1. The first-order chi connectivity index (χ1) is 23.4. The number of carbonyl (C=O) groups excluding carboxylic acids is 1. The number of rotatable bonds is 6. The van der Waals surface area contributed by atoms with E-state index in [2.05, 4.69) is 56.4 Å². The summed E-state index contributed by atoms with van der Waals surface area (Å²) in [6.45, 7) is 10.5. The van der Waals surface area contributed by atoms with Crippen LogP contribution in [0.25, 0.3) is 0 Å². The fourth-order valence-electron chi connectivity index (χ4n) is 8.37. The lowest BCUT2D eigenvalue weighted by Gasteiger charge is -2.40. The molecule has 2 atom stereocenters. The van der Waals surface area contributed by atoms with E-state index in [1.807, 2.05) is 25.1 Å². The number of piperidine rings is 1. The van der Waals surface area contributed by atoms with Gasteiger partial charge in [-0.15, -0.1) is 0 Å². The molecule has 2 N–H and O–H groups in total. The zero-order valence-corrected chi connectivity index (χ0v) is 27.5. The van der Waals surface area contributed by atoms with Crippen molar-refractivity contribution in [3.63, 3.8) is 0 Å². The normalized spacial score (nSPS) is 21.4. The van der Waals surface area contributed by atoms with Gasteiger partial charge in [0.15, 0.2) is 0 Å². The minimum Gasteiger partial charge on any atom is -0.508 e. The highest BCUT2D eigenvalue weighted by atomic mass is 19.1. The van der Waals surface area contributed by atoms with Crippen LogP contribution in [0.15, 0.2) is 78.9 Å². The Morgan fingerprint density at radius 3 is 2.33 bits per heavy atom. The van der Waals surface area contributed by atoms with E-state index < -0.39 is 0 Å². The van der Waals surface area contributed by atoms with Crippen molar-refractivity contribution in [2.45, 2.75) is 38.1 Å². The number of aromatic hydroxyl groups is 1. The molecule has 4 aromatic carbocycles. The van der Waals surface area contributed by atoms with Gasteiger partial charge in [0, 0.05) is 92.8 Å². The maximum absolute atomic E-state index is 14.0. The minimum atomic E-state index is -0.227. The summed E-state index contributed by atoms with van der Waals surface area (Å²) in [6, 6.07) is 25.7. The number of carbonyl (C=O) groups is 1. The molecular formula is C40H43FN4O3. The number of phenolic OH excluding ortho intramolecular Hbond substituents is 1. The molecule has 0 aromatic heterocycles. The predicted molar refractivity (Wildman–Crippen MR) is 187 cm³/mol. The fourth-order valence-corrected chi connectivity index (χ4v) is 8.37. The van der Waals surface area contributed by atoms with E-state index in [0.717, 1.165) is 73.6 Å². The molecule has 48 heavy (non-hydrogen) atoms. The Hall–Kier alpha value is -4.56. The van der Waals surface area contributed by atoms with Crippen molar-refractivity contribution in [2.24, 2.45) is 5.92 Å². The summed E-state index contributed by atoms with van der Waals surface area (Å²) in [7, 11) is 0. The second-order valence-electron chi connectivity index (χ2n) is 14.0. The highest BCUT2D eigenvalue weighted by Crippen LogP contribution is 2.48. The lowest BCUT2D eigenvalue weighted by molar-refractivity contribution is 0.0965. The Labute approximate surface area is 281 Å². The zero-order valence-electron chi connectivity index (χ0n) is 27.5. The number of amides is 1. The van der Waals surface area contributed by atoms with Crippen molar-refractivity contribution in [2.75, 3.05) is 62.2 Å². The van der Waals surface area contributed by atoms with Crippen LogP contribution in [0, 0.1) is 18.7 Å². The third kappa shape index (κ3) is 5.98. The Morgan fingerprint density at radius 1 is 0.833 bits per heavy atom. The van der Waals surface area contributed by atoms with Gasteiger partial charge in [0.2, 0.25) is 0 Å². The summed E-state index contributed by atoms with van der Waals surface area (Å²) >= 11 is 0. The third-order valence-electron chi connectivity index (χ3n) is 11.0. The molecule has 8 rings (SSSR count). The fraction of sp³-hybridized carbons (Fsp3) is 0.375. The Bertz CT molecular complexity index is 1810. The molecule has 0 unspecified atom stereocenters. The van der Waals surface area contributed by atoms with Crippen molar-refractivity contribution < 1.29 is 19.0 Å². The van der Waals surface area contributed by atoms with Crippen LogP contribution in [-0.4, -0.2) is 68.3 Å². The molecule has 4 aliphatic heterocycles. The second kappa shape index (κ2) is 12.8. The molecule has 2 saturated heterocycles. The van der Waals surface area contributed by atoms with Crippen LogP contribution < -0.4 is 19.9 Å². The van der Waals surface area contributed by atoms with Gasteiger partial charge in [-0.1, -0.05) is 24.3 Å². The Morgan fingerprint density at radius 2 is 1.56 bits per heavy atom. The summed E-state index contributed by atoms with van der Waals surface area (Å²) in [5, 5.41) is 13.1. The largest absolute Gasteiger partial charge is 0.508 e. The Balaban J connectivity index is 0.892. The second-order valence-corrected chi connectivity index (χ2v) is 14.0. The molecule has 8 heteroatoms. The third-order valence-corrected chi connectivity index (χ3v) is 11.0. The molecule has 0 bridgehead atoms. The standard InChI is InChI=1S/C40H43FN4O3/c1-26-20-30(41)4-9-34(26)37-25-48-38-22-33(46)8-11-36(38)39(37)28-2-5-31(6-3-28)44-14-12-27(13-15-44)24-43-16-18-45(19-17-43)32-7-10-35-29(21-32)23-42-40(35)47/h2-11,20-22,27,37,39,46H,12-19,23-25H2,1H3,(H,42,47)/t37-,39-/m1/s1. The van der Waals surface area contributed by atoms with Crippen molar-refractivity contribution in [1.29, 1.82) is 0 Å². The van der Waals surface area contributed by atoms with Crippen molar-refractivity contribution >= 4 is 17.3 Å². The van der Waals surface area contributed by atoms with E-state index >= 15 is 0 Å². The first kappa shape index (κ1) is 30.8. The first-order valence-corrected chi connectivity index (χ1v) is 17.3. The number of aryl methyl sites for hydroxylation is 1. The van der Waals surface area contributed by atoms with E-state index in [0.29, 0.717) is 24.8 Å². The zero-order chi connectivity index (χ0) is 32.8. The molecule has 0 aliphatic carbocycles. The SMILES string of the molecule is Cc1cc(F)ccc1[C@H]1COc2cc(O)ccc2[C@H]1c1ccc(N2CCC(CN3CCN(c4ccc5c(c4)CNC5=O)CC3)CC2)cc1. The summed E-state index contributed by atoms with van der Waals surface area (Å²) < 4.78 is 20.2. The molecule has 0 spiro atoms. The molecule has 4 heterocycles. The predicted octanol–water partition coefficient (Wildman–Crippen LogP) is 6.43. The number of nitrogens with one attached hydrogen (secondary N) is 1. The topological polar surface area (TPSA) is 68.3 Å². The van der Waals surface area contributed by atoms with E-state index in [9.17, 15) is 14.3 Å². The van der Waals surface area contributed by atoms with Gasteiger partial charge in [0.25, 0.3) is 5.91 Å². The van der Waals surface area contributed by atoms with Crippen LogP contribution in [0.4, 0.5) is 15.8 Å². The average Bonchev–Trinajstić information content (AvgIpc) is 3.48. The van der Waals surface area contributed by atoms with Gasteiger partial charge in [-0.3, -0.25) is 9.69 Å². The molecule has 248 valence electrons. The summed E-state index contributed by atoms with van der Waals surface area (Å²) in [6.07, 6.45) is 2.38. The quantitative estimate of drug-likeness (QED) is 0.252. The number of piperazine rings is 1. The first-order valence-electron chi connectivity index (χ1n) is 17.3. The molecule has 0 radical (unpaired) electrons. The van der Waals surface area contributed by atoms with Crippen LogP contribution in [-0.2, 0) is 6.54 Å². The van der Waals surface area contributed by atoms with Gasteiger partial charge >= 0.3 is 0 Å². The summed E-state index contributed by atoms with van der Waals surface area (Å²) in [5.74, 6) is 1.48. The van der Waals surface area contributed by atoms with Gasteiger partial charge in [-0.05, 0) is 96.5 Å². The van der Waals surface area contributed by atoms with Crippen LogP contribution in [0.3, 0.4) is 0 Å². The number of hydrogen-bond acceptors (Lipinski definition) is 6. The van der Waals surface area contributed by atoms with Gasteiger partial charge in [-0.2, -0.15) is 0 Å². The lowest BCUT2D eigenvalue weighted by Crippen LogP contribution is -2.49. The van der Waals surface area contributed by atoms with E-state index in [1.54, 1.807) is 18.2 Å². The minimum absolute atomic E-state index is 0.0301. The Kier molecular flexibility index (Phi) is 8.20. The molecule has 1 amide bonds. The van der Waals surface area contributed by atoms with Crippen molar-refractivity contribution in [3.8, 4) is 11.5 Å². The highest BCUT2D eigenvalue weighted by Gasteiger charge is 2.35. The molecule has 7 nitrogen and oxygen atoms in total.